The molecule has 0 bridgehead atoms. The van der Waals surface area contributed by atoms with E-state index in [2.05, 4.69) is 10.3 Å². The van der Waals surface area contributed by atoms with E-state index in [1.165, 1.54) is 12.1 Å². The van der Waals surface area contributed by atoms with Gasteiger partial charge in [0, 0.05) is 19.2 Å². The van der Waals surface area contributed by atoms with Crippen LogP contribution in [0.3, 0.4) is 0 Å². The first kappa shape index (κ1) is 29.0. The fraction of sp³-hybridized carbons (Fsp3) is 0.348. The summed E-state index contributed by atoms with van der Waals surface area (Å²) in [4.78, 5) is 64.9. The van der Waals surface area contributed by atoms with Crippen LogP contribution in [0.15, 0.2) is 23.2 Å². The molecule has 0 radical (unpaired) electrons. The van der Waals surface area contributed by atoms with Crippen LogP contribution in [-0.2, 0) is 26.1 Å². The number of aromatic nitrogens is 1. The third-order valence-electron chi connectivity index (χ3n) is 5.02. The number of anilines is 1. The zero-order chi connectivity index (χ0) is 28.0. The molecule has 12 nitrogen and oxygen atoms in total. The van der Waals surface area contributed by atoms with Gasteiger partial charge in [0.25, 0.3) is 11.6 Å². The number of thioether (sulfide) groups is 1. The Kier molecular flexibility index (Phi) is 9.77. The number of carbonyl (C=O) groups excluding carboxylic acids is 4. The van der Waals surface area contributed by atoms with Crippen molar-refractivity contribution in [1.29, 1.82) is 0 Å². The molecule has 2 aromatic heterocycles. The Bertz CT molecular complexity index is 1490. The molecule has 0 aliphatic heterocycles. The maximum atomic E-state index is 12.6. The number of nitro benzene ring substituents is 1. The SMILES string of the molecule is CCOC(=O)c1sc(NC(=O)CSCC(=O)N=c2sc3cc([N+](=O)[O-])ccc3n2C)c(C(=O)OCC)c1C. The predicted octanol–water partition coefficient (Wildman–Crippen LogP) is 3.67. The highest BCUT2D eigenvalue weighted by molar-refractivity contribution is 8.00. The van der Waals surface area contributed by atoms with Gasteiger partial charge in [-0.25, -0.2) is 9.59 Å². The Hall–Kier alpha value is -3.56. The van der Waals surface area contributed by atoms with Crippen molar-refractivity contribution < 1.29 is 33.6 Å². The number of nitro groups is 1. The van der Waals surface area contributed by atoms with Gasteiger partial charge < -0.3 is 19.4 Å². The standard InChI is InChI=1S/C23H24N4O8S3/c1-5-34-21(30)18-12(3)19(22(31)35-6-2)38-20(18)24-16(28)10-36-11-17(29)25-23-26(4)14-8-7-13(27(32)33)9-15(14)37-23/h7-9H,5-6,10-11H2,1-4H3,(H,24,28). The number of carbonyl (C=O) groups is 4. The molecule has 1 aromatic carbocycles. The molecule has 3 aromatic rings. The third-order valence-corrected chi connectivity index (χ3v) is 8.22. The molecule has 0 fully saturated rings. The maximum absolute atomic E-state index is 12.6. The molecule has 0 aliphatic rings. The van der Waals surface area contributed by atoms with E-state index in [0.717, 1.165) is 34.4 Å². The number of esters is 2. The number of fused-ring (bicyclic) bond motifs is 1. The summed E-state index contributed by atoms with van der Waals surface area (Å²) in [5.74, 6) is -2.45. The lowest BCUT2D eigenvalue weighted by Gasteiger charge is -2.06. The molecule has 0 saturated heterocycles. The van der Waals surface area contributed by atoms with Gasteiger partial charge in [0.05, 0.1) is 45.4 Å². The summed E-state index contributed by atoms with van der Waals surface area (Å²) in [5.41, 5.74) is 1.08. The molecule has 0 spiro atoms. The van der Waals surface area contributed by atoms with Crippen LogP contribution in [0.4, 0.5) is 10.7 Å². The average molecular weight is 581 g/mol. The number of amides is 2. The lowest BCUT2D eigenvalue weighted by Crippen LogP contribution is -2.18. The number of thiophene rings is 1. The van der Waals surface area contributed by atoms with Gasteiger partial charge in [-0.05, 0) is 32.4 Å². The van der Waals surface area contributed by atoms with Crippen LogP contribution in [0, 0.1) is 17.0 Å². The lowest BCUT2D eigenvalue weighted by molar-refractivity contribution is -0.384. The molecule has 0 unspecified atom stereocenters. The van der Waals surface area contributed by atoms with Crippen molar-refractivity contribution in [2.24, 2.45) is 12.0 Å². The van der Waals surface area contributed by atoms with Crippen LogP contribution < -0.4 is 10.1 Å². The number of benzene rings is 1. The Morgan fingerprint density at radius 2 is 1.79 bits per heavy atom. The van der Waals surface area contributed by atoms with Gasteiger partial charge in [0.15, 0.2) is 4.80 Å². The summed E-state index contributed by atoms with van der Waals surface area (Å²) in [7, 11) is 1.70. The average Bonchev–Trinajstić information content (AvgIpc) is 3.34. The molecule has 15 heteroatoms. The van der Waals surface area contributed by atoms with E-state index >= 15 is 0 Å². The number of hydrogen-bond donors (Lipinski definition) is 1. The lowest BCUT2D eigenvalue weighted by atomic mass is 10.1. The fourth-order valence-electron chi connectivity index (χ4n) is 3.32. The molecular formula is C23H24N4O8S3. The van der Waals surface area contributed by atoms with Gasteiger partial charge in [-0.3, -0.25) is 19.7 Å². The molecule has 0 aliphatic carbocycles. The number of aryl methyl sites for hydroxylation is 1. The predicted molar refractivity (Wildman–Crippen MR) is 145 cm³/mol. The maximum Gasteiger partial charge on any atom is 0.348 e. The minimum Gasteiger partial charge on any atom is -0.462 e. The Balaban J connectivity index is 1.68. The van der Waals surface area contributed by atoms with Crippen LogP contribution in [0.1, 0.15) is 39.4 Å². The summed E-state index contributed by atoms with van der Waals surface area (Å²) in [5, 5.41) is 13.8. The number of hydrogen-bond acceptors (Lipinski definition) is 11. The first-order valence-electron chi connectivity index (χ1n) is 11.2. The van der Waals surface area contributed by atoms with Crippen molar-refractivity contribution >= 4 is 79.1 Å². The van der Waals surface area contributed by atoms with Gasteiger partial charge in [-0.2, -0.15) is 4.99 Å². The van der Waals surface area contributed by atoms with Crippen LogP contribution in [-0.4, -0.2) is 58.0 Å². The zero-order valence-electron chi connectivity index (χ0n) is 20.9. The monoisotopic (exact) mass is 580 g/mol. The number of non-ortho nitro benzene ring substituents is 1. The van der Waals surface area contributed by atoms with Gasteiger partial charge >= 0.3 is 11.9 Å². The normalized spacial score (nSPS) is 11.4. The second kappa shape index (κ2) is 12.8. The molecule has 3 rings (SSSR count). The van der Waals surface area contributed by atoms with E-state index in [0.29, 0.717) is 20.6 Å². The summed E-state index contributed by atoms with van der Waals surface area (Å²) in [6.45, 7) is 5.15. The quantitative estimate of drug-likeness (QED) is 0.214. The number of rotatable bonds is 10. The number of nitrogens with one attached hydrogen (secondary N) is 1. The van der Waals surface area contributed by atoms with Crippen molar-refractivity contribution in [2.45, 2.75) is 20.8 Å². The highest BCUT2D eigenvalue weighted by Crippen LogP contribution is 2.34. The molecule has 0 atom stereocenters. The van der Waals surface area contributed by atoms with Crippen LogP contribution in [0.2, 0.25) is 0 Å². The van der Waals surface area contributed by atoms with E-state index in [1.807, 2.05) is 0 Å². The first-order chi connectivity index (χ1) is 18.1. The topological polar surface area (TPSA) is 159 Å². The summed E-state index contributed by atoms with van der Waals surface area (Å²) in [6.07, 6.45) is 0. The zero-order valence-corrected chi connectivity index (χ0v) is 23.3. The number of nitrogens with zero attached hydrogens (tertiary/aromatic N) is 3. The Labute approximate surface area is 228 Å². The molecule has 2 amide bonds. The molecule has 38 heavy (non-hydrogen) atoms. The van der Waals surface area contributed by atoms with Crippen molar-refractivity contribution in [3.63, 3.8) is 0 Å². The van der Waals surface area contributed by atoms with Crippen LogP contribution >= 0.6 is 34.4 Å². The first-order valence-corrected chi connectivity index (χ1v) is 14.0. The summed E-state index contributed by atoms with van der Waals surface area (Å²) < 4.78 is 12.4. The number of ether oxygens (including phenoxy) is 2. The molecular weight excluding hydrogens is 556 g/mol. The van der Waals surface area contributed by atoms with E-state index in [4.69, 9.17) is 9.47 Å². The minimum absolute atomic E-state index is 0.0554. The Morgan fingerprint density at radius 3 is 2.45 bits per heavy atom. The van der Waals surface area contributed by atoms with Gasteiger partial charge in [0.2, 0.25) is 5.91 Å². The molecule has 2 heterocycles. The highest BCUT2D eigenvalue weighted by atomic mass is 32.2. The molecule has 0 saturated carbocycles. The Morgan fingerprint density at radius 1 is 1.11 bits per heavy atom. The second-order valence-electron chi connectivity index (χ2n) is 7.60. The van der Waals surface area contributed by atoms with Crippen molar-refractivity contribution in [3.05, 3.63) is 49.1 Å². The molecule has 202 valence electrons. The summed E-state index contributed by atoms with van der Waals surface area (Å²) >= 11 is 3.09. The van der Waals surface area contributed by atoms with E-state index < -0.39 is 28.7 Å². The second-order valence-corrected chi connectivity index (χ2v) is 10.6. The fourth-order valence-corrected chi connectivity index (χ4v) is 6.09. The van der Waals surface area contributed by atoms with Gasteiger partial charge in [-0.1, -0.05) is 11.3 Å². The van der Waals surface area contributed by atoms with E-state index in [-0.39, 0.29) is 45.8 Å². The van der Waals surface area contributed by atoms with Crippen LogP contribution in [0.25, 0.3) is 10.2 Å². The third kappa shape index (κ3) is 6.65. The van der Waals surface area contributed by atoms with E-state index in [1.54, 1.807) is 38.5 Å². The van der Waals surface area contributed by atoms with Crippen LogP contribution in [0.5, 0.6) is 0 Å². The van der Waals surface area contributed by atoms with Crippen molar-refractivity contribution in [3.8, 4) is 0 Å². The van der Waals surface area contributed by atoms with E-state index in [9.17, 15) is 29.3 Å². The number of thiazole rings is 1. The van der Waals surface area contributed by atoms with Gasteiger partial charge in [0.1, 0.15) is 9.88 Å². The highest BCUT2D eigenvalue weighted by Gasteiger charge is 2.27. The minimum atomic E-state index is -0.671. The largest absolute Gasteiger partial charge is 0.462 e. The molecule has 1 N–H and O–H groups in total. The van der Waals surface area contributed by atoms with Crippen molar-refractivity contribution in [2.75, 3.05) is 30.0 Å². The van der Waals surface area contributed by atoms with Crippen molar-refractivity contribution in [1.82, 2.24) is 4.57 Å². The van der Waals surface area contributed by atoms with Gasteiger partial charge in [-0.15, -0.1) is 23.1 Å². The summed E-state index contributed by atoms with van der Waals surface area (Å²) in [6, 6.07) is 4.40. The smallest absolute Gasteiger partial charge is 0.348 e.